The fourth-order valence-electron chi connectivity index (χ4n) is 3.55. The van der Waals surface area contributed by atoms with Crippen molar-refractivity contribution in [1.82, 2.24) is 4.90 Å². The highest BCUT2D eigenvalue weighted by molar-refractivity contribution is 7.92. The molecule has 160 valence electrons. The molecule has 1 saturated heterocycles. The number of anilines is 2. The number of rotatable bonds is 6. The van der Waals surface area contributed by atoms with Crippen LogP contribution in [0.25, 0.3) is 0 Å². The molecule has 1 unspecified atom stereocenters. The molecular formula is C22H27N3O4S. The Morgan fingerprint density at radius 1 is 1.13 bits per heavy atom. The fraction of sp³-hybridized carbons (Fsp3) is 0.364. The second-order valence-electron chi connectivity index (χ2n) is 7.73. The number of nitrogens with one attached hydrogen (secondary N) is 2. The van der Waals surface area contributed by atoms with Gasteiger partial charge in [0.2, 0.25) is 21.8 Å². The van der Waals surface area contributed by atoms with Crippen LogP contribution in [0.15, 0.2) is 48.5 Å². The zero-order valence-corrected chi connectivity index (χ0v) is 18.0. The number of sulfonamides is 1. The third kappa shape index (κ3) is 6.06. The first-order chi connectivity index (χ1) is 14.2. The number of carbonyl (C=O) groups excluding carboxylic acids is 2. The van der Waals surface area contributed by atoms with Gasteiger partial charge in [-0.2, -0.15) is 0 Å². The van der Waals surface area contributed by atoms with Gasteiger partial charge in [-0.15, -0.1) is 0 Å². The van der Waals surface area contributed by atoms with Crippen LogP contribution >= 0.6 is 0 Å². The average molecular weight is 430 g/mol. The fourth-order valence-corrected chi connectivity index (χ4v) is 4.17. The molecule has 1 aliphatic rings. The largest absolute Gasteiger partial charge is 0.342 e. The van der Waals surface area contributed by atoms with Crippen molar-refractivity contribution in [3.05, 3.63) is 59.7 Å². The summed E-state index contributed by atoms with van der Waals surface area (Å²) in [6, 6.07) is 14.7. The summed E-state index contributed by atoms with van der Waals surface area (Å²) in [6.45, 7) is 2.83. The third-order valence-electron chi connectivity index (χ3n) is 5.14. The molecule has 1 fully saturated rings. The Hall–Kier alpha value is -2.87. The van der Waals surface area contributed by atoms with Crippen LogP contribution in [0.4, 0.5) is 11.4 Å². The topological polar surface area (TPSA) is 95.6 Å². The van der Waals surface area contributed by atoms with Gasteiger partial charge in [0.1, 0.15) is 0 Å². The predicted molar refractivity (Wildman–Crippen MR) is 118 cm³/mol. The molecule has 1 atom stereocenters. The van der Waals surface area contributed by atoms with Crippen molar-refractivity contribution in [2.75, 3.05) is 29.4 Å². The van der Waals surface area contributed by atoms with Gasteiger partial charge in [-0.05, 0) is 43.0 Å². The van der Waals surface area contributed by atoms with E-state index in [0.717, 1.165) is 23.8 Å². The molecule has 0 radical (unpaired) electrons. The Labute approximate surface area is 177 Å². The van der Waals surface area contributed by atoms with Crippen LogP contribution in [-0.4, -0.2) is 44.5 Å². The highest BCUT2D eigenvalue weighted by Crippen LogP contribution is 2.24. The standard InChI is InChI=1S/C22H27N3O4S/c1-16-10-11-19(14-20(16)24-30(2,28)29)23-22(27)18-9-6-12-25(15-18)21(26)13-17-7-4-3-5-8-17/h3-5,7-8,10-11,14,18,24H,6,9,12-13,15H2,1-2H3,(H,23,27). The lowest BCUT2D eigenvalue weighted by atomic mass is 9.96. The maximum Gasteiger partial charge on any atom is 0.229 e. The van der Waals surface area contributed by atoms with Crippen LogP contribution in [0.5, 0.6) is 0 Å². The van der Waals surface area contributed by atoms with Crippen LogP contribution in [0.1, 0.15) is 24.0 Å². The number of likely N-dealkylation sites (tertiary alicyclic amines) is 1. The number of benzene rings is 2. The van der Waals surface area contributed by atoms with Gasteiger partial charge in [-0.3, -0.25) is 14.3 Å². The Morgan fingerprint density at radius 2 is 1.87 bits per heavy atom. The Kier molecular flexibility index (Phi) is 6.77. The van der Waals surface area contributed by atoms with E-state index in [1.807, 2.05) is 30.3 Å². The van der Waals surface area contributed by atoms with E-state index < -0.39 is 10.0 Å². The van der Waals surface area contributed by atoms with Crippen LogP contribution < -0.4 is 10.0 Å². The van der Waals surface area contributed by atoms with E-state index >= 15 is 0 Å². The number of piperidine rings is 1. The van der Waals surface area contributed by atoms with E-state index in [0.29, 0.717) is 37.3 Å². The maximum atomic E-state index is 12.8. The molecule has 0 saturated carbocycles. The summed E-state index contributed by atoms with van der Waals surface area (Å²) < 4.78 is 25.5. The number of aryl methyl sites for hydroxylation is 1. The molecule has 0 aromatic heterocycles. The minimum absolute atomic E-state index is 0.0219. The SMILES string of the molecule is Cc1ccc(NC(=O)C2CCCN(C(=O)Cc3ccccc3)C2)cc1NS(C)(=O)=O. The second kappa shape index (κ2) is 9.30. The van der Waals surface area contributed by atoms with Gasteiger partial charge in [0.25, 0.3) is 0 Å². The monoisotopic (exact) mass is 429 g/mol. The number of amides is 2. The molecule has 3 rings (SSSR count). The summed E-state index contributed by atoms with van der Waals surface area (Å²) in [5.74, 6) is -0.443. The lowest BCUT2D eigenvalue weighted by Gasteiger charge is -2.32. The molecule has 0 bridgehead atoms. The summed E-state index contributed by atoms with van der Waals surface area (Å²) in [5, 5.41) is 2.86. The van der Waals surface area contributed by atoms with Gasteiger partial charge < -0.3 is 10.2 Å². The van der Waals surface area contributed by atoms with Gasteiger partial charge in [0, 0.05) is 18.8 Å². The summed E-state index contributed by atoms with van der Waals surface area (Å²) >= 11 is 0. The minimum atomic E-state index is -3.41. The van der Waals surface area contributed by atoms with Gasteiger partial charge in [-0.25, -0.2) is 8.42 Å². The van der Waals surface area contributed by atoms with E-state index in [-0.39, 0.29) is 17.7 Å². The van der Waals surface area contributed by atoms with Crippen molar-refractivity contribution in [1.29, 1.82) is 0 Å². The molecule has 2 aromatic rings. The Balaban J connectivity index is 1.63. The number of hydrogen-bond donors (Lipinski definition) is 2. The van der Waals surface area contributed by atoms with Crippen LogP contribution in [0, 0.1) is 12.8 Å². The quantitative estimate of drug-likeness (QED) is 0.738. The van der Waals surface area contributed by atoms with Gasteiger partial charge in [0.05, 0.1) is 24.3 Å². The van der Waals surface area contributed by atoms with Crippen LogP contribution in [0.3, 0.4) is 0 Å². The molecule has 0 aliphatic carbocycles. The molecule has 2 amide bonds. The van der Waals surface area contributed by atoms with Gasteiger partial charge in [-0.1, -0.05) is 36.4 Å². The molecule has 1 aliphatic heterocycles. The van der Waals surface area contributed by atoms with E-state index in [4.69, 9.17) is 0 Å². The van der Waals surface area contributed by atoms with E-state index in [2.05, 4.69) is 10.0 Å². The third-order valence-corrected chi connectivity index (χ3v) is 5.73. The highest BCUT2D eigenvalue weighted by atomic mass is 32.2. The van der Waals surface area contributed by atoms with Crippen molar-refractivity contribution in [2.45, 2.75) is 26.2 Å². The summed E-state index contributed by atoms with van der Waals surface area (Å²) in [5.41, 5.74) is 2.66. The Bertz CT molecular complexity index is 1020. The number of hydrogen-bond acceptors (Lipinski definition) is 4. The van der Waals surface area contributed by atoms with Gasteiger partial charge in [0.15, 0.2) is 0 Å². The molecule has 0 spiro atoms. The van der Waals surface area contributed by atoms with Crippen molar-refractivity contribution in [3.8, 4) is 0 Å². The normalized spacial score (nSPS) is 16.7. The molecule has 1 heterocycles. The van der Waals surface area contributed by atoms with E-state index in [9.17, 15) is 18.0 Å². The zero-order valence-electron chi connectivity index (χ0n) is 17.2. The van der Waals surface area contributed by atoms with Crippen LogP contribution in [0.2, 0.25) is 0 Å². The average Bonchev–Trinajstić information content (AvgIpc) is 2.70. The molecular weight excluding hydrogens is 402 g/mol. The van der Waals surface area contributed by atoms with Gasteiger partial charge >= 0.3 is 0 Å². The zero-order chi connectivity index (χ0) is 21.7. The number of carbonyl (C=O) groups is 2. The summed E-state index contributed by atoms with van der Waals surface area (Å²) in [7, 11) is -3.41. The van der Waals surface area contributed by atoms with Crippen molar-refractivity contribution < 1.29 is 18.0 Å². The van der Waals surface area contributed by atoms with Crippen molar-refractivity contribution in [3.63, 3.8) is 0 Å². The van der Waals surface area contributed by atoms with Crippen LogP contribution in [-0.2, 0) is 26.0 Å². The first-order valence-electron chi connectivity index (χ1n) is 9.92. The first kappa shape index (κ1) is 21.8. The first-order valence-corrected chi connectivity index (χ1v) is 11.8. The maximum absolute atomic E-state index is 12.8. The lowest BCUT2D eigenvalue weighted by molar-refractivity contribution is -0.133. The lowest BCUT2D eigenvalue weighted by Crippen LogP contribution is -2.44. The number of nitrogens with zero attached hydrogens (tertiary/aromatic N) is 1. The Morgan fingerprint density at radius 3 is 2.57 bits per heavy atom. The van der Waals surface area contributed by atoms with Crippen molar-refractivity contribution in [2.24, 2.45) is 5.92 Å². The molecule has 30 heavy (non-hydrogen) atoms. The highest BCUT2D eigenvalue weighted by Gasteiger charge is 2.28. The smallest absolute Gasteiger partial charge is 0.229 e. The summed E-state index contributed by atoms with van der Waals surface area (Å²) in [4.78, 5) is 27.2. The van der Waals surface area contributed by atoms with E-state index in [1.165, 1.54) is 0 Å². The molecule has 2 N–H and O–H groups in total. The van der Waals surface area contributed by atoms with E-state index in [1.54, 1.807) is 30.0 Å². The molecule has 2 aromatic carbocycles. The predicted octanol–water partition coefficient (Wildman–Crippen LogP) is 2.79. The molecule has 8 heteroatoms. The minimum Gasteiger partial charge on any atom is -0.342 e. The molecule has 7 nitrogen and oxygen atoms in total. The second-order valence-corrected chi connectivity index (χ2v) is 9.48. The summed E-state index contributed by atoms with van der Waals surface area (Å²) in [6.07, 6.45) is 2.89. The van der Waals surface area contributed by atoms with Crippen molar-refractivity contribution >= 4 is 33.2 Å².